The molecule has 2 N–H and O–H groups in total. The van der Waals surface area contributed by atoms with Crippen LogP contribution >= 0.6 is 0 Å². The maximum absolute atomic E-state index is 13.8. The number of nitrogens with zero attached hydrogens (tertiary/aromatic N) is 1. The fraction of sp³-hybridized carbons (Fsp3) is 0.286. The van der Waals surface area contributed by atoms with Gasteiger partial charge in [0.1, 0.15) is 5.75 Å². The molecule has 182 valence electrons. The Morgan fingerprint density at radius 3 is 2.44 bits per heavy atom. The van der Waals surface area contributed by atoms with E-state index >= 15 is 0 Å². The van der Waals surface area contributed by atoms with Gasteiger partial charge >= 0.3 is 7.12 Å². The normalized spacial score (nSPS) is 25.9. The highest BCUT2D eigenvalue weighted by molar-refractivity contribution is 6.53. The summed E-state index contributed by atoms with van der Waals surface area (Å²) in [5.74, 6) is -1.76. The van der Waals surface area contributed by atoms with Gasteiger partial charge in [-0.25, -0.2) is 0 Å². The Bertz CT molecular complexity index is 1390. The minimum absolute atomic E-state index is 0.168. The van der Waals surface area contributed by atoms with Gasteiger partial charge in [0.05, 0.1) is 30.2 Å². The van der Waals surface area contributed by atoms with Crippen molar-refractivity contribution in [2.75, 3.05) is 18.6 Å². The van der Waals surface area contributed by atoms with Gasteiger partial charge in [0.2, 0.25) is 11.8 Å². The van der Waals surface area contributed by atoms with Crippen LogP contribution in [0.15, 0.2) is 77.8 Å². The molecule has 1 aliphatic carbocycles. The van der Waals surface area contributed by atoms with E-state index in [-0.39, 0.29) is 30.1 Å². The standard InChI is InChI=1S/C28H26BNO6/c1-35-15-16-13-22-25(28(33)30(27(22)32)17-7-3-2-4-8-17)21-14-24(36-29(34)26(16)21)20-11-12-23(31)19-10-6-5-9-18(19)20/h2-12,21-22,24-25,31,34H,13-15H2,1H3/t21-,22-,24-,25+/m0/s1. The molecule has 36 heavy (non-hydrogen) atoms. The van der Waals surface area contributed by atoms with Gasteiger partial charge in [0.15, 0.2) is 0 Å². The summed E-state index contributed by atoms with van der Waals surface area (Å²) in [7, 11) is 0.356. The molecular formula is C28H26BNO6. The van der Waals surface area contributed by atoms with E-state index in [1.807, 2.05) is 42.5 Å². The molecular weight excluding hydrogens is 457 g/mol. The minimum Gasteiger partial charge on any atom is -0.507 e. The number of imide groups is 1. The van der Waals surface area contributed by atoms with E-state index in [9.17, 15) is 19.7 Å². The van der Waals surface area contributed by atoms with Crippen molar-refractivity contribution in [1.82, 2.24) is 0 Å². The highest BCUT2D eigenvalue weighted by Gasteiger charge is 2.58. The predicted molar refractivity (Wildman–Crippen MR) is 135 cm³/mol. The lowest BCUT2D eigenvalue weighted by atomic mass is 9.55. The minimum atomic E-state index is -1.22. The van der Waals surface area contributed by atoms with Gasteiger partial charge in [0.25, 0.3) is 0 Å². The molecule has 0 spiro atoms. The van der Waals surface area contributed by atoms with E-state index in [1.54, 1.807) is 31.4 Å². The third kappa shape index (κ3) is 3.48. The Kier molecular flexibility index (Phi) is 5.67. The molecule has 0 aromatic heterocycles. The zero-order valence-corrected chi connectivity index (χ0v) is 19.8. The molecule has 2 aliphatic heterocycles. The topological polar surface area (TPSA) is 96.3 Å². The third-order valence-electron chi connectivity index (χ3n) is 7.83. The summed E-state index contributed by atoms with van der Waals surface area (Å²) in [6.07, 6.45) is 0.262. The maximum atomic E-state index is 13.8. The number of aromatic hydroxyl groups is 1. The van der Waals surface area contributed by atoms with Crippen LogP contribution in [0.3, 0.4) is 0 Å². The number of phenols is 1. The number of hydrogen-bond acceptors (Lipinski definition) is 6. The number of benzene rings is 3. The smallest absolute Gasteiger partial charge is 0.487 e. The van der Waals surface area contributed by atoms with E-state index in [0.717, 1.165) is 16.5 Å². The second-order valence-corrected chi connectivity index (χ2v) is 9.71. The van der Waals surface area contributed by atoms with E-state index in [0.29, 0.717) is 29.4 Å². The molecule has 0 radical (unpaired) electrons. The first-order valence-electron chi connectivity index (χ1n) is 12.2. The molecule has 8 heteroatoms. The Labute approximate surface area is 209 Å². The zero-order chi connectivity index (χ0) is 25.0. The summed E-state index contributed by atoms with van der Waals surface area (Å²) < 4.78 is 11.6. The van der Waals surface area contributed by atoms with Crippen LogP contribution in [0.5, 0.6) is 5.75 Å². The van der Waals surface area contributed by atoms with Crippen molar-refractivity contribution in [2.45, 2.75) is 18.9 Å². The number of carbonyl (C=O) groups is 2. The van der Waals surface area contributed by atoms with E-state index in [1.165, 1.54) is 4.90 Å². The Morgan fingerprint density at radius 1 is 0.972 bits per heavy atom. The summed E-state index contributed by atoms with van der Waals surface area (Å²) in [6.45, 7) is 0.259. The number of carbonyl (C=O) groups excluding carboxylic acids is 2. The molecule has 3 aromatic carbocycles. The zero-order valence-electron chi connectivity index (χ0n) is 19.8. The van der Waals surface area contributed by atoms with Crippen molar-refractivity contribution in [3.05, 3.63) is 83.3 Å². The number of fused-ring (bicyclic) bond motifs is 4. The number of anilines is 1. The SMILES string of the molecule is COCC1=C2B(O)O[C@H](c3ccc(O)c4ccccc34)C[C@H]2[C@H]2C(=O)N(c3ccccc3)C(=O)[C@H]2C1. The fourth-order valence-corrected chi connectivity index (χ4v) is 6.34. The van der Waals surface area contributed by atoms with Crippen LogP contribution in [-0.4, -0.2) is 42.8 Å². The first-order chi connectivity index (χ1) is 17.5. The van der Waals surface area contributed by atoms with Crippen molar-refractivity contribution in [2.24, 2.45) is 17.8 Å². The molecule has 0 unspecified atom stereocenters. The van der Waals surface area contributed by atoms with Crippen LogP contribution in [0.25, 0.3) is 10.8 Å². The molecule has 3 aromatic rings. The number of ether oxygens (including phenoxy) is 1. The first-order valence-corrected chi connectivity index (χ1v) is 12.2. The van der Waals surface area contributed by atoms with Crippen LogP contribution < -0.4 is 4.90 Å². The molecule has 2 fully saturated rings. The van der Waals surface area contributed by atoms with Gasteiger partial charge < -0.3 is 19.5 Å². The molecule has 3 aliphatic rings. The average Bonchev–Trinajstić information content (AvgIpc) is 3.14. The Balaban J connectivity index is 1.43. The Hall–Kier alpha value is -3.46. The highest BCUT2D eigenvalue weighted by Crippen LogP contribution is 2.52. The molecule has 6 rings (SSSR count). The fourth-order valence-electron chi connectivity index (χ4n) is 6.34. The van der Waals surface area contributed by atoms with Crippen LogP contribution in [0, 0.1) is 17.8 Å². The van der Waals surface area contributed by atoms with E-state index in [4.69, 9.17) is 9.39 Å². The molecule has 2 saturated heterocycles. The molecule has 2 heterocycles. The number of hydrogen-bond donors (Lipinski definition) is 2. The van der Waals surface area contributed by atoms with Crippen LogP contribution in [0.2, 0.25) is 0 Å². The number of para-hydroxylation sites is 1. The molecule has 0 saturated carbocycles. The lowest BCUT2D eigenvalue weighted by Crippen LogP contribution is -2.45. The van der Waals surface area contributed by atoms with Crippen molar-refractivity contribution >= 4 is 35.4 Å². The molecule has 7 nitrogen and oxygen atoms in total. The largest absolute Gasteiger partial charge is 0.507 e. The van der Waals surface area contributed by atoms with Crippen molar-refractivity contribution in [3.8, 4) is 5.75 Å². The van der Waals surface area contributed by atoms with Gasteiger partial charge in [-0.2, -0.15) is 0 Å². The monoisotopic (exact) mass is 483 g/mol. The summed E-state index contributed by atoms with van der Waals surface area (Å²) in [4.78, 5) is 28.6. The Morgan fingerprint density at radius 2 is 1.69 bits per heavy atom. The molecule has 4 atom stereocenters. The highest BCUT2D eigenvalue weighted by atomic mass is 16.5. The van der Waals surface area contributed by atoms with Gasteiger partial charge in [-0.15, -0.1) is 0 Å². The third-order valence-corrected chi connectivity index (χ3v) is 7.83. The van der Waals surface area contributed by atoms with Gasteiger partial charge in [-0.1, -0.05) is 48.5 Å². The predicted octanol–water partition coefficient (Wildman–Crippen LogP) is 3.80. The van der Waals surface area contributed by atoms with Crippen molar-refractivity contribution in [3.63, 3.8) is 0 Å². The first kappa shape index (κ1) is 23.0. The van der Waals surface area contributed by atoms with Crippen molar-refractivity contribution < 1.29 is 29.1 Å². The molecule has 2 amide bonds. The van der Waals surface area contributed by atoms with Gasteiger partial charge in [-0.05, 0) is 59.0 Å². The van der Waals surface area contributed by atoms with E-state index in [2.05, 4.69) is 0 Å². The number of allylic oxidation sites excluding steroid dienone is 1. The van der Waals surface area contributed by atoms with Gasteiger partial charge in [0, 0.05) is 12.5 Å². The maximum Gasteiger partial charge on any atom is 0.487 e. The van der Waals surface area contributed by atoms with Crippen LogP contribution in [0.1, 0.15) is 24.5 Å². The lowest BCUT2D eigenvalue weighted by molar-refractivity contribution is -0.123. The van der Waals surface area contributed by atoms with Crippen LogP contribution in [-0.2, 0) is 19.0 Å². The van der Waals surface area contributed by atoms with E-state index < -0.39 is 25.1 Å². The second-order valence-electron chi connectivity index (χ2n) is 9.71. The van der Waals surface area contributed by atoms with Gasteiger partial charge in [-0.3, -0.25) is 14.5 Å². The number of phenolic OH excluding ortho intramolecular Hbond substituents is 1. The summed E-state index contributed by atoms with van der Waals surface area (Å²) in [6, 6.07) is 19.9. The van der Waals surface area contributed by atoms with Crippen molar-refractivity contribution in [1.29, 1.82) is 0 Å². The van der Waals surface area contributed by atoms with Crippen LogP contribution in [0.4, 0.5) is 5.69 Å². The number of rotatable bonds is 4. The quantitative estimate of drug-likeness (QED) is 0.433. The summed E-state index contributed by atoms with van der Waals surface area (Å²) >= 11 is 0. The summed E-state index contributed by atoms with van der Waals surface area (Å²) in [5, 5.41) is 23.1. The number of amides is 2. The number of methoxy groups -OCH3 is 1. The second kappa shape index (κ2) is 8.89. The lowest BCUT2D eigenvalue weighted by Gasteiger charge is -2.42. The molecule has 0 bridgehead atoms. The average molecular weight is 483 g/mol. The summed E-state index contributed by atoms with van der Waals surface area (Å²) in [5.41, 5.74) is 2.87.